The molecule has 3 fully saturated rings. The van der Waals surface area contributed by atoms with Crippen LogP contribution in [-0.4, -0.2) is 24.1 Å². The maximum Gasteiger partial charge on any atom is 0.305 e. The maximum atomic E-state index is 14.6. The lowest BCUT2D eigenvalue weighted by molar-refractivity contribution is -0.173. The fraction of sp³-hybridized carbons (Fsp3) is 0.771. The van der Waals surface area contributed by atoms with Gasteiger partial charge in [-0.05, 0) is 97.9 Å². The Labute approximate surface area is 241 Å². The zero-order valence-corrected chi connectivity index (χ0v) is 26.0. The minimum Gasteiger partial charge on any atom is -0.466 e. The van der Waals surface area contributed by atoms with Crippen molar-refractivity contribution in [2.75, 3.05) is 6.61 Å². The summed E-state index contributed by atoms with van der Waals surface area (Å²) in [6.45, 7) is 17.8. The number of Topliss-reactive ketones (excluding diaryl/α,β-unsaturated/α-hetero) is 1. The number of carbonyl (C=O) groups is 3. The van der Waals surface area contributed by atoms with Crippen molar-refractivity contribution < 1.29 is 19.1 Å². The molecule has 0 N–H and O–H groups in total. The van der Waals surface area contributed by atoms with Crippen molar-refractivity contribution in [1.29, 1.82) is 5.26 Å². The smallest absolute Gasteiger partial charge is 0.305 e. The molecule has 0 heterocycles. The minimum atomic E-state index is -0.653. The van der Waals surface area contributed by atoms with Gasteiger partial charge in [-0.2, -0.15) is 5.26 Å². The van der Waals surface area contributed by atoms with Crippen LogP contribution in [0.5, 0.6) is 0 Å². The first kappa shape index (κ1) is 29.3. The van der Waals surface area contributed by atoms with Gasteiger partial charge in [-0.15, -0.1) is 0 Å². The molecular formula is C35H49NO4. The van der Waals surface area contributed by atoms with E-state index in [2.05, 4.69) is 40.7 Å². The van der Waals surface area contributed by atoms with Gasteiger partial charge in [-0.3, -0.25) is 14.4 Å². The molecular weight excluding hydrogens is 498 g/mol. The molecule has 0 radical (unpaired) electrons. The van der Waals surface area contributed by atoms with E-state index in [1.165, 1.54) is 0 Å². The molecule has 5 rings (SSSR count). The van der Waals surface area contributed by atoms with E-state index in [1.54, 1.807) is 0 Å². The summed E-state index contributed by atoms with van der Waals surface area (Å²) in [4.78, 5) is 40.3. The summed E-state index contributed by atoms with van der Waals surface area (Å²) < 4.78 is 5.32. The Kier molecular flexibility index (Phi) is 6.69. The summed E-state index contributed by atoms with van der Waals surface area (Å²) in [5, 5.41) is 9.92. The van der Waals surface area contributed by atoms with Crippen molar-refractivity contribution in [1.82, 2.24) is 0 Å². The number of ketones is 2. The summed E-state index contributed by atoms with van der Waals surface area (Å²) in [5.74, 6) is 0.223. The standard InChI is InChI=1S/C35H49NO4/c1-9-40-27(38)11-13-35-16-14-30(2,3)20-23(35)28-24(37)18-26-32(6)19-22(21-36)29(39)31(4,5)25(32)10-12-33(26,7)34(28,8)15-17-35/h18-19,23,25,28H,9-17,20H2,1-8H3/t23?,25-,28?,32-,33+,34+,35+/m0/s1. The average molecular weight is 548 g/mol. The van der Waals surface area contributed by atoms with E-state index >= 15 is 0 Å². The molecule has 3 saturated carbocycles. The summed E-state index contributed by atoms with van der Waals surface area (Å²) >= 11 is 0. The van der Waals surface area contributed by atoms with Crippen molar-refractivity contribution >= 4 is 17.5 Å². The predicted octanol–water partition coefficient (Wildman–Crippen LogP) is 7.55. The molecule has 0 aromatic heterocycles. The summed E-state index contributed by atoms with van der Waals surface area (Å²) in [7, 11) is 0. The monoisotopic (exact) mass is 547 g/mol. The summed E-state index contributed by atoms with van der Waals surface area (Å²) in [5.41, 5.74) is -0.0735. The van der Waals surface area contributed by atoms with Crippen molar-refractivity contribution in [2.24, 2.45) is 50.2 Å². The first-order chi connectivity index (χ1) is 18.5. The third-order valence-electron chi connectivity index (χ3n) is 13.2. The van der Waals surface area contributed by atoms with Crippen LogP contribution in [0.25, 0.3) is 0 Å². The van der Waals surface area contributed by atoms with Gasteiger partial charge in [-0.25, -0.2) is 0 Å². The van der Waals surface area contributed by atoms with Gasteiger partial charge >= 0.3 is 5.97 Å². The molecule has 5 nitrogen and oxygen atoms in total. The van der Waals surface area contributed by atoms with Gasteiger partial charge in [0.2, 0.25) is 0 Å². The number of fused-ring (bicyclic) bond motifs is 7. The number of hydrogen-bond acceptors (Lipinski definition) is 5. The maximum absolute atomic E-state index is 14.6. The predicted molar refractivity (Wildman–Crippen MR) is 155 cm³/mol. The van der Waals surface area contributed by atoms with Crippen molar-refractivity contribution in [3.8, 4) is 6.07 Å². The number of rotatable bonds is 4. The van der Waals surface area contributed by atoms with Crippen LogP contribution in [0, 0.1) is 61.6 Å². The number of carbonyl (C=O) groups excluding carboxylic acids is 3. The Morgan fingerprint density at radius 3 is 2.35 bits per heavy atom. The SMILES string of the molecule is CCOC(=O)CC[C@]12CCC(C)(C)CC1C1C(=O)C=C3[C@@]4(C)C=C(C#N)C(=O)C(C)(C)[C@@H]4CC[C@@]3(C)[C@]1(C)CC2. The molecule has 40 heavy (non-hydrogen) atoms. The molecule has 0 aromatic rings. The molecule has 218 valence electrons. The number of nitriles is 1. The second-order valence-corrected chi connectivity index (χ2v) is 15.9. The van der Waals surface area contributed by atoms with E-state index in [0.29, 0.717) is 13.0 Å². The van der Waals surface area contributed by atoms with Crippen LogP contribution < -0.4 is 0 Å². The van der Waals surface area contributed by atoms with E-state index in [-0.39, 0.29) is 62.5 Å². The highest BCUT2D eigenvalue weighted by Gasteiger charge is 2.69. The Bertz CT molecular complexity index is 1250. The normalized spacial score (nSPS) is 43.1. The number of allylic oxidation sites excluding steroid dienone is 4. The molecule has 0 aliphatic heterocycles. The van der Waals surface area contributed by atoms with Crippen LogP contribution in [0.4, 0.5) is 0 Å². The van der Waals surface area contributed by atoms with Gasteiger partial charge < -0.3 is 4.74 Å². The van der Waals surface area contributed by atoms with E-state index in [0.717, 1.165) is 56.9 Å². The first-order valence-corrected chi connectivity index (χ1v) is 15.6. The van der Waals surface area contributed by atoms with Crippen LogP contribution in [-0.2, 0) is 19.1 Å². The zero-order chi connectivity index (χ0) is 29.5. The van der Waals surface area contributed by atoms with Gasteiger partial charge in [0.1, 0.15) is 6.07 Å². The molecule has 0 aromatic carbocycles. The summed E-state index contributed by atoms with van der Waals surface area (Å²) in [6.07, 6.45) is 12.1. The Balaban J connectivity index is 1.62. The highest BCUT2D eigenvalue weighted by Crippen LogP contribution is 2.75. The van der Waals surface area contributed by atoms with Gasteiger partial charge in [0.05, 0.1) is 12.2 Å². The quantitative estimate of drug-likeness (QED) is 0.339. The lowest BCUT2D eigenvalue weighted by atomic mass is 9.34. The molecule has 0 spiro atoms. The molecule has 7 atom stereocenters. The molecule has 0 bridgehead atoms. The number of esters is 1. The second-order valence-electron chi connectivity index (χ2n) is 15.9. The topological polar surface area (TPSA) is 84.2 Å². The van der Waals surface area contributed by atoms with E-state index in [9.17, 15) is 19.6 Å². The van der Waals surface area contributed by atoms with Crippen LogP contribution >= 0.6 is 0 Å². The third kappa shape index (κ3) is 3.87. The van der Waals surface area contributed by atoms with Gasteiger partial charge in [-0.1, -0.05) is 60.1 Å². The van der Waals surface area contributed by atoms with E-state index in [1.807, 2.05) is 32.9 Å². The molecule has 0 amide bonds. The average Bonchev–Trinajstić information content (AvgIpc) is 2.87. The zero-order valence-electron chi connectivity index (χ0n) is 26.0. The number of nitrogens with zero attached hydrogens (tertiary/aromatic N) is 1. The van der Waals surface area contributed by atoms with Gasteiger partial charge in [0.25, 0.3) is 0 Å². The van der Waals surface area contributed by atoms with E-state index < -0.39 is 10.8 Å². The molecule has 5 aliphatic rings. The van der Waals surface area contributed by atoms with Crippen LogP contribution in [0.1, 0.15) is 113 Å². The van der Waals surface area contributed by atoms with Crippen molar-refractivity contribution in [3.05, 3.63) is 23.3 Å². The molecule has 5 heteroatoms. The molecule has 5 aliphatic carbocycles. The third-order valence-corrected chi connectivity index (χ3v) is 13.2. The van der Waals surface area contributed by atoms with Crippen LogP contribution in [0.3, 0.4) is 0 Å². The minimum absolute atomic E-state index is 0.0158. The van der Waals surface area contributed by atoms with Crippen LogP contribution in [0.2, 0.25) is 0 Å². The highest BCUT2D eigenvalue weighted by atomic mass is 16.5. The number of ether oxygens (including phenoxy) is 1. The lowest BCUT2D eigenvalue weighted by Gasteiger charge is -2.69. The van der Waals surface area contributed by atoms with E-state index in [4.69, 9.17) is 4.74 Å². The van der Waals surface area contributed by atoms with Crippen LogP contribution in [0.15, 0.2) is 23.3 Å². The fourth-order valence-corrected chi connectivity index (χ4v) is 10.8. The van der Waals surface area contributed by atoms with Crippen molar-refractivity contribution in [3.63, 3.8) is 0 Å². The number of hydrogen-bond donors (Lipinski definition) is 0. The molecule has 0 saturated heterocycles. The Morgan fingerprint density at radius 1 is 1.02 bits per heavy atom. The van der Waals surface area contributed by atoms with Gasteiger partial charge in [0.15, 0.2) is 11.6 Å². The first-order valence-electron chi connectivity index (χ1n) is 15.6. The second kappa shape index (κ2) is 9.14. The Morgan fingerprint density at radius 2 is 1.70 bits per heavy atom. The highest BCUT2D eigenvalue weighted by molar-refractivity contribution is 6.04. The largest absolute Gasteiger partial charge is 0.466 e. The fourth-order valence-electron chi connectivity index (χ4n) is 10.8. The molecule has 2 unspecified atom stereocenters. The Hall–Kier alpha value is -2.22. The summed E-state index contributed by atoms with van der Waals surface area (Å²) in [6, 6.07) is 2.20. The van der Waals surface area contributed by atoms with Gasteiger partial charge in [0, 0.05) is 23.2 Å². The lowest BCUT2D eigenvalue weighted by Crippen LogP contribution is -2.64. The van der Waals surface area contributed by atoms with Crippen molar-refractivity contribution in [2.45, 2.75) is 113 Å².